The van der Waals surface area contributed by atoms with Gasteiger partial charge in [-0.05, 0) is 26.0 Å². The lowest BCUT2D eigenvalue weighted by Gasteiger charge is -2.23. The summed E-state index contributed by atoms with van der Waals surface area (Å²) in [6.07, 6.45) is 5.24. The zero-order valence-corrected chi connectivity index (χ0v) is 16.3. The third-order valence-corrected chi connectivity index (χ3v) is 5.07. The van der Waals surface area contributed by atoms with Crippen molar-refractivity contribution in [2.75, 3.05) is 13.2 Å². The number of fused-ring (bicyclic) bond motifs is 1. The lowest BCUT2D eigenvalue weighted by Crippen LogP contribution is -2.26. The Balaban J connectivity index is 1.83. The second-order valence-electron chi connectivity index (χ2n) is 7.33. The van der Waals surface area contributed by atoms with Gasteiger partial charge in [-0.1, -0.05) is 0 Å². The van der Waals surface area contributed by atoms with E-state index >= 15 is 0 Å². The third-order valence-electron chi connectivity index (χ3n) is 5.07. The molecule has 1 N–H and O–H groups in total. The molecule has 0 atom stereocenters. The second kappa shape index (κ2) is 7.27. The summed E-state index contributed by atoms with van der Waals surface area (Å²) in [5.41, 5.74) is 2.54. The maximum atomic E-state index is 11.7. The van der Waals surface area contributed by atoms with Crippen LogP contribution in [0.3, 0.4) is 0 Å². The van der Waals surface area contributed by atoms with Crippen LogP contribution in [-0.4, -0.2) is 49.7 Å². The molecule has 0 spiro atoms. The summed E-state index contributed by atoms with van der Waals surface area (Å²) >= 11 is 0. The molecule has 8 heteroatoms. The molecule has 0 saturated carbocycles. The first-order chi connectivity index (χ1) is 13.5. The van der Waals surface area contributed by atoms with Crippen molar-refractivity contribution in [1.82, 2.24) is 19.3 Å². The molecule has 0 amide bonds. The average Bonchev–Trinajstić information content (AvgIpc) is 3.26. The van der Waals surface area contributed by atoms with Crippen LogP contribution in [0.4, 0.5) is 0 Å². The van der Waals surface area contributed by atoms with Crippen LogP contribution >= 0.6 is 0 Å². The summed E-state index contributed by atoms with van der Waals surface area (Å²) in [6, 6.07) is 3.57. The van der Waals surface area contributed by atoms with Gasteiger partial charge in [-0.25, -0.2) is 9.78 Å². The number of hydrogen-bond donors (Lipinski definition) is 1. The highest BCUT2D eigenvalue weighted by Gasteiger charge is 2.23. The molecule has 0 bridgehead atoms. The van der Waals surface area contributed by atoms with Gasteiger partial charge in [-0.15, -0.1) is 0 Å². The van der Waals surface area contributed by atoms with Gasteiger partial charge in [-0.3, -0.25) is 4.68 Å². The molecule has 1 fully saturated rings. The second-order valence-corrected chi connectivity index (χ2v) is 7.33. The van der Waals surface area contributed by atoms with E-state index in [4.69, 9.17) is 9.47 Å². The van der Waals surface area contributed by atoms with Gasteiger partial charge in [0.15, 0.2) is 0 Å². The Morgan fingerprint density at radius 2 is 2.11 bits per heavy atom. The summed E-state index contributed by atoms with van der Waals surface area (Å²) in [7, 11) is 1.86. The normalized spacial score (nSPS) is 15.4. The molecule has 0 aliphatic carbocycles. The number of pyridine rings is 1. The molecule has 4 rings (SSSR count). The third kappa shape index (κ3) is 3.24. The van der Waals surface area contributed by atoms with Crippen molar-refractivity contribution in [3.05, 3.63) is 30.2 Å². The largest absolute Gasteiger partial charge is 0.477 e. The van der Waals surface area contributed by atoms with E-state index in [0.29, 0.717) is 24.8 Å². The van der Waals surface area contributed by atoms with Crippen molar-refractivity contribution >= 4 is 16.9 Å². The minimum Gasteiger partial charge on any atom is -0.477 e. The Morgan fingerprint density at radius 1 is 1.36 bits per heavy atom. The van der Waals surface area contributed by atoms with E-state index in [0.717, 1.165) is 29.3 Å². The Labute approximate surface area is 162 Å². The fraction of sp³-hybridized carbons (Fsp3) is 0.450. The minimum atomic E-state index is -0.961. The lowest BCUT2D eigenvalue weighted by atomic mass is 10.1. The average molecular weight is 384 g/mol. The molecule has 148 valence electrons. The lowest BCUT2D eigenvalue weighted by molar-refractivity contribution is 0.0244. The van der Waals surface area contributed by atoms with Gasteiger partial charge in [0.2, 0.25) is 5.88 Å². The number of aromatic nitrogens is 4. The summed E-state index contributed by atoms with van der Waals surface area (Å²) in [4.78, 5) is 16.1. The summed E-state index contributed by atoms with van der Waals surface area (Å²) in [5, 5.41) is 15.0. The molecular formula is C20H24N4O4. The number of hydrogen-bond acceptors (Lipinski definition) is 5. The molecule has 0 aromatic carbocycles. The summed E-state index contributed by atoms with van der Waals surface area (Å²) < 4.78 is 15.1. The molecule has 1 aliphatic heterocycles. The molecule has 1 saturated heterocycles. The van der Waals surface area contributed by atoms with Gasteiger partial charge in [0.25, 0.3) is 0 Å². The number of carbonyl (C=O) groups is 1. The topological polar surface area (TPSA) is 91.4 Å². The van der Waals surface area contributed by atoms with Crippen LogP contribution in [0.25, 0.3) is 22.2 Å². The van der Waals surface area contributed by atoms with Crippen LogP contribution in [0.15, 0.2) is 24.5 Å². The van der Waals surface area contributed by atoms with Gasteiger partial charge in [-0.2, -0.15) is 5.10 Å². The number of nitrogens with zero attached hydrogens (tertiary/aromatic N) is 4. The van der Waals surface area contributed by atoms with Gasteiger partial charge in [0.1, 0.15) is 17.5 Å². The van der Waals surface area contributed by atoms with Crippen LogP contribution in [0.2, 0.25) is 0 Å². The summed E-state index contributed by atoms with van der Waals surface area (Å²) in [5.74, 6) is -0.432. The molecule has 4 heterocycles. The maximum absolute atomic E-state index is 11.7. The van der Waals surface area contributed by atoms with Crippen LogP contribution < -0.4 is 4.74 Å². The molecule has 0 unspecified atom stereocenters. The maximum Gasteiger partial charge on any atom is 0.352 e. The molecular weight excluding hydrogens is 360 g/mol. The predicted octanol–water partition coefficient (Wildman–Crippen LogP) is 3.27. The molecule has 3 aromatic heterocycles. The first-order valence-corrected chi connectivity index (χ1v) is 9.47. The Bertz CT molecular complexity index is 1010. The number of carboxylic acid groups (broad SMARTS) is 1. The molecule has 3 aromatic rings. The van der Waals surface area contributed by atoms with Crippen LogP contribution in [0.1, 0.15) is 43.2 Å². The van der Waals surface area contributed by atoms with Crippen molar-refractivity contribution in [3.63, 3.8) is 0 Å². The highest BCUT2D eigenvalue weighted by atomic mass is 16.5. The Kier molecular flexibility index (Phi) is 4.80. The number of ether oxygens (including phenoxy) is 2. The van der Waals surface area contributed by atoms with Crippen molar-refractivity contribution in [3.8, 4) is 17.1 Å². The number of rotatable bonds is 5. The first-order valence-electron chi connectivity index (χ1n) is 9.47. The van der Waals surface area contributed by atoms with Crippen LogP contribution in [-0.2, 0) is 11.8 Å². The zero-order chi connectivity index (χ0) is 19.8. The fourth-order valence-corrected chi connectivity index (χ4v) is 3.63. The minimum absolute atomic E-state index is 0.0194. The first kappa shape index (κ1) is 18.5. The van der Waals surface area contributed by atoms with Gasteiger partial charge >= 0.3 is 5.97 Å². The number of aryl methyl sites for hydroxylation is 1. The molecule has 0 radical (unpaired) electrons. The molecule has 8 nitrogen and oxygen atoms in total. The predicted molar refractivity (Wildman–Crippen MR) is 104 cm³/mol. The van der Waals surface area contributed by atoms with E-state index in [9.17, 15) is 9.90 Å². The molecule has 28 heavy (non-hydrogen) atoms. The fourth-order valence-electron chi connectivity index (χ4n) is 3.63. The van der Waals surface area contributed by atoms with E-state index in [2.05, 4.69) is 10.1 Å². The summed E-state index contributed by atoms with van der Waals surface area (Å²) in [6.45, 7) is 5.27. The van der Waals surface area contributed by atoms with E-state index in [1.165, 1.54) is 0 Å². The van der Waals surface area contributed by atoms with Crippen molar-refractivity contribution in [1.29, 1.82) is 0 Å². The quantitative estimate of drug-likeness (QED) is 0.726. The van der Waals surface area contributed by atoms with Gasteiger partial charge < -0.3 is 19.1 Å². The zero-order valence-electron chi connectivity index (χ0n) is 16.3. The monoisotopic (exact) mass is 384 g/mol. The Morgan fingerprint density at radius 3 is 2.75 bits per heavy atom. The van der Waals surface area contributed by atoms with Crippen molar-refractivity contribution in [2.24, 2.45) is 7.05 Å². The highest BCUT2D eigenvalue weighted by Crippen LogP contribution is 2.35. The van der Waals surface area contributed by atoms with Crippen LogP contribution in [0, 0.1) is 0 Å². The van der Waals surface area contributed by atoms with E-state index < -0.39 is 5.97 Å². The van der Waals surface area contributed by atoms with Gasteiger partial charge in [0, 0.05) is 43.9 Å². The van der Waals surface area contributed by atoms with Crippen molar-refractivity contribution in [2.45, 2.75) is 38.8 Å². The van der Waals surface area contributed by atoms with E-state index in [-0.39, 0.29) is 17.8 Å². The SMILES string of the molecule is CC(C)n1cc(-c2nn(C)c3ccnc(OC4CCOCC4)c23)cc1C(=O)O. The standard InChI is InChI=1S/C20H24N4O4/c1-12(2)24-11-13(10-16(24)20(25)26)18-17-15(23(3)22-18)4-7-21-19(17)28-14-5-8-27-9-6-14/h4,7,10-12,14H,5-6,8-9H2,1-3H3,(H,25,26). The van der Waals surface area contributed by atoms with Gasteiger partial charge in [0.05, 0.1) is 24.1 Å². The Hall–Kier alpha value is -2.87. The number of carboxylic acids is 1. The van der Waals surface area contributed by atoms with E-state index in [1.54, 1.807) is 21.5 Å². The van der Waals surface area contributed by atoms with Crippen molar-refractivity contribution < 1.29 is 19.4 Å². The number of aromatic carboxylic acids is 1. The van der Waals surface area contributed by atoms with Crippen LogP contribution in [0.5, 0.6) is 5.88 Å². The molecule has 1 aliphatic rings. The van der Waals surface area contributed by atoms with E-state index in [1.807, 2.05) is 33.2 Å². The smallest absolute Gasteiger partial charge is 0.352 e. The highest BCUT2D eigenvalue weighted by molar-refractivity contribution is 5.98.